The second-order valence-corrected chi connectivity index (χ2v) is 7.79. The summed E-state index contributed by atoms with van der Waals surface area (Å²) in [6, 6.07) is 19.3. The van der Waals surface area contributed by atoms with Crippen LogP contribution in [0.5, 0.6) is 23.0 Å². The van der Waals surface area contributed by atoms with E-state index < -0.39 is 6.23 Å². The highest BCUT2D eigenvalue weighted by Gasteiger charge is 2.42. The lowest BCUT2D eigenvalue weighted by molar-refractivity contribution is -0.0210. The van der Waals surface area contributed by atoms with E-state index in [-0.39, 0.29) is 11.8 Å². The predicted octanol–water partition coefficient (Wildman–Crippen LogP) is 4.96. The minimum Gasteiger partial charge on any atom is -0.507 e. The van der Waals surface area contributed by atoms with Gasteiger partial charge in [-0.15, -0.1) is 0 Å². The quantitative estimate of drug-likeness (QED) is 0.651. The molecule has 0 saturated carbocycles. The lowest BCUT2D eigenvalue weighted by atomic mass is 9.94. The number of hydrogen-bond acceptors (Lipinski definition) is 6. The van der Waals surface area contributed by atoms with Gasteiger partial charge in [-0.25, -0.2) is 5.01 Å². The van der Waals surface area contributed by atoms with E-state index in [0.717, 1.165) is 39.5 Å². The molecular weight excluding hydrogens is 392 g/mol. The molecule has 0 spiro atoms. The fourth-order valence-corrected chi connectivity index (χ4v) is 4.30. The van der Waals surface area contributed by atoms with Gasteiger partial charge >= 0.3 is 0 Å². The van der Waals surface area contributed by atoms with Gasteiger partial charge in [0.25, 0.3) is 0 Å². The second kappa shape index (κ2) is 7.54. The number of hydrazone groups is 1. The molecule has 1 N–H and O–H groups in total. The molecule has 3 aromatic rings. The fourth-order valence-electron chi connectivity index (χ4n) is 4.30. The molecule has 0 aromatic heterocycles. The third-order valence-corrected chi connectivity index (χ3v) is 5.84. The first-order valence-electron chi connectivity index (χ1n) is 10.2. The van der Waals surface area contributed by atoms with Crippen LogP contribution in [0.4, 0.5) is 0 Å². The number of phenolic OH excluding ortho intramolecular Hbond substituents is 1. The zero-order valence-corrected chi connectivity index (χ0v) is 17.7. The summed E-state index contributed by atoms with van der Waals surface area (Å²) >= 11 is 0. The molecule has 31 heavy (non-hydrogen) atoms. The molecule has 3 aromatic carbocycles. The number of nitrogens with zero attached hydrogens (tertiary/aromatic N) is 2. The Kier molecular flexibility index (Phi) is 4.70. The third-order valence-electron chi connectivity index (χ3n) is 5.84. The molecule has 2 unspecified atom stereocenters. The zero-order chi connectivity index (χ0) is 21.5. The maximum atomic E-state index is 10.5. The molecule has 2 aliphatic rings. The van der Waals surface area contributed by atoms with Crippen molar-refractivity contribution in [1.29, 1.82) is 0 Å². The Balaban J connectivity index is 1.64. The summed E-state index contributed by atoms with van der Waals surface area (Å²) in [7, 11) is 3.29. The minimum absolute atomic E-state index is 0.0371. The summed E-state index contributed by atoms with van der Waals surface area (Å²) in [5.74, 6) is 2.40. The van der Waals surface area contributed by atoms with E-state index in [1.807, 2.05) is 66.5 Å². The number of fused-ring (bicyclic) bond motifs is 3. The van der Waals surface area contributed by atoms with Crippen LogP contribution < -0.4 is 14.2 Å². The van der Waals surface area contributed by atoms with Crippen LogP contribution in [-0.2, 0) is 0 Å². The Morgan fingerprint density at radius 1 is 1.03 bits per heavy atom. The molecule has 2 aliphatic heterocycles. The summed E-state index contributed by atoms with van der Waals surface area (Å²) in [6.07, 6.45) is 0.203. The van der Waals surface area contributed by atoms with Crippen molar-refractivity contribution in [3.63, 3.8) is 0 Å². The zero-order valence-electron chi connectivity index (χ0n) is 17.7. The van der Waals surface area contributed by atoms with Gasteiger partial charge in [-0.05, 0) is 37.3 Å². The van der Waals surface area contributed by atoms with E-state index in [1.54, 1.807) is 20.3 Å². The Labute approximate surface area is 181 Å². The summed E-state index contributed by atoms with van der Waals surface area (Å²) in [5.41, 5.74) is 4.61. The number of aromatic hydroxyl groups is 1. The molecule has 158 valence electrons. The van der Waals surface area contributed by atoms with Crippen LogP contribution in [0.2, 0.25) is 0 Å². The summed E-state index contributed by atoms with van der Waals surface area (Å²) in [6.45, 7) is 2.01. The summed E-state index contributed by atoms with van der Waals surface area (Å²) < 4.78 is 17.5. The van der Waals surface area contributed by atoms with Crippen LogP contribution in [0.25, 0.3) is 0 Å². The van der Waals surface area contributed by atoms with E-state index in [2.05, 4.69) is 0 Å². The fraction of sp³-hybridized carbons (Fsp3) is 0.240. The standard InChI is InChI=1S/C25H24N2O4/c1-15-10-11-22(28)19(12-15)20-14-21-18-8-5-9-23(30-3)24(18)31-25(27(21)26-20)16-6-4-7-17(13-16)29-2/h4-13,21,25,28H,14H2,1-3H3. The molecule has 5 rings (SSSR count). The molecule has 0 bridgehead atoms. The van der Waals surface area contributed by atoms with Crippen molar-refractivity contribution in [1.82, 2.24) is 5.01 Å². The molecule has 0 fully saturated rings. The number of aryl methyl sites for hydroxylation is 1. The number of methoxy groups -OCH3 is 2. The molecule has 0 amide bonds. The van der Waals surface area contributed by atoms with E-state index >= 15 is 0 Å². The van der Waals surface area contributed by atoms with Crippen molar-refractivity contribution in [3.05, 3.63) is 82.9 Å². The first-order chi connectivity index (χ1) is 15.1. The molecule has 0 radical (unpaired) electrons. The normalized spacial score (nSPS) is 19.2. The lowest BCUT2D eigenvalue weighted by Crippen LogP contribution is -2.33. The molecule has 6 heteroatoms. The van der Waals surface area contributed by atoms with Crippen molar-refractivity contribution < 1.29 is 19.3 Å². The Morgan fingerprint density at radius 3 is 2.68 bits per heavy atom. The SMILES string of the molecule is COc1cccc(C2Oc3c(OC)cccc3C3CC(c4cc(C)ccc4O)=NN32)c1. The topological polar surface area (TPSA) is 63.5 Å². The van der Waals surface area contributed by atoms with Gasteiger partial charge in [0.15, 0.2) is 11.5 Å². The number of para-hydroxylation sites is 1. The van der Waals surface area contributed by atoms with E-state index in [4.69, 9.17) is 19.3 Å². The van der Waals surface area contributed by atoms with E-state index in [1.165, 1.54) is 0 Å². The highest BCUT2D eigenvalue weighted by molar-refractivity contribution is 6.04. The van der Waals surface area contributed by atoms with Gasteiger partial charge in [0.2, 0.25) is 6.23 Å². The average Bonchev–Trinajstić information content (AvgIpc) is 3.25. The predicted molar refractivity (Wildman–Crippen MR) is 118 cm³/mol. The molecule has 0 aliphatic carbocycles. The van der Waals surface area contributed by atoms with Gasteiger partial charge in [-0.2, -0.15) is 5.10 Å². The maximum Gasteiger partial charge on any atom is 0.214 e. The van der Waals surface area contributed by atoms with Crippen LogP contribution in [-0.4, -0.2) is 30.0 Å². The van der Waals surface area contributed by atoms with Crippen LogP contribution in [0.15, 0.2) is 65.8 Å². The Hall–Kier alpha value is -3.67. The highest BCUT2D eigenvalue weighted by atomic mass is 16.5. The van der Waals surface area contributed by atoms with Crippen LogP contribution >= 0.6 is 0 Å². The first-order valence-corrected chi connectivity index (χ1v) is 10.2. The summed E-state index contributed by atoms with van der Waals surface area (Å²) in [5, 5.41) is 17.4. The third kappa shape index (κ3) is 3.24. The summed E-state index contributed by atoms with van der Waals surface area (Å²) in [4.78, 5) is 0. The van der Waals surface area contributed by atoms with Gasteiger partial charge in [-0.3, -0.25) is 0 Å². The van der Waals surface area contributed by atoms with Gasteiger partial charge in [0.1, 0.15) is 11.5 Å². The monoisotopic (exact) mass is 416 g/mol. The minimum atomic E-state index is -0.451. The van der Waals surface area contributed by atoms with Gasteiger partial charge < -0.3 is 19.3 Å². The number of benzene rings is 3. The van der Waals surface area contributed by atoms with Crippen molar-refractivity contribution in [2.45, 2.75) is 25.6 Å². The smallest absolute Gasteiger partial charge is 0.214 e. The largest absolute Gasteiger partial charge is 0.507 e. The highest BCUT2D eigenvalue weighted by Crippen LogP contribution is 2.51. The lowest BCUT2D eigenvalue weighted by Gasteiger charge is -2.38. The maximum absolute atomic E-state index is 10.5. The van der Waals surface area contributed by atoms with Crippen molar-refractivity contribution in [2.24, 2.45) is 5.10 Å². The Bertz CT molecular complexity index is 1170. The van der Waals surface area contributed by atoms with Crippen LogP contribution in [0.1, 0.15) is 40.9 Å². The number of phenols is 1. The number of ether oxygens (including phenoxy) is 3. The van der Waals surface area contributed by atoms with Crippen LogP contribution in [0, 0.1) is 6.92 Å². The van der Waals surface area contributed by atoms with Gasteiger partial charge in [-0.1, -0.05) is 35.9 Å². The molecule has 2 heterocycles. The number of hydrogen-bond donors (Lipinski definition) is 1. The van der Waals surface area contributed by atoms with Crippen molar-refractivity contribution in [2.75, 3.05) is 14.2 Å². The van der Waals surface area contributed by atoms with E-state index in [9.17, 15) is 5.11 Å². The molecule has 6 nitrogen and oxygen atoms in total. The molecular formula is C25H24N2O4. The first kappa shape index (κ1) is 19.3. The van der Waals surface area contributed by atoms with E-state index in [0.29, 0.717) is 12.2 Å². The molecule has 2 atom stereocenters. The van der Waals surface area contributed by atoms with Crippen molar-refractivity contribution in [3.8, 4) is 23.0 Å². The second-order valence-electron chi connectivity index (χ2n) is 7.79. The Morgan fingerprint density at radius 2 is 1.87 bits per heavy atom. The average molecular weight is 416 g/mol. The number of rotatable bonds is 4. The van der Waals surface area contributed by atoms with Gasteiger partial charge in [0.05, 0.1) is 26.0 Å². The van der Waals surface area contributed by atoms with Gasteiger partial charge in [0, 0.05) is 23.1 Å². The van der Waals surface area contributed by atoms with Crippen LogP contribution in [0.3, 0.4) is 0 Å². The molecule has 0 saturated heterocycles. The van der Waals surface area contributed by atoms with Crippen molar-refractivity contribution >= 4 is 5.71 Å².